The molecule has 0 amide bonds. The number of guanidine groups is 1. The molecule has 0 fully saturated rings. The molecule has 6 heteroatoms. The van der Waals surface area contributed by atoms with Crippen LogP contribution in [0.25, 0.3) is 6.08 Å². The van der Waals surface area contributed by atoms with Crippen molar-refractivity contribution in [3.63, 3.8) is 0 Å². The lowest BCUT2D eigenvalue weighted by atomic mass is 10.0. The van der Waals surface area contributed by atoms with Crippen molar-refractivity contribution in [3.8, 4) is 0 Å². The van der Waals surface area contributed by atoms with Crippen LogP contribution in [0.15, 0.2) is 89.6 Å². The van der Waals surface area contributed by atoms with E-state index in [4.69, 9.17) is 4.99 Å². The molecule has 1 aromatic carbocycles. The van der Waals surface area contributed by atoms with Crippen LogP contribution in [-0.4, -0.2) is 33.4 Å². The first kappa shape index (κ1) is 16.9. The first-order valence-corrected chi connectivity index (χ1v) is 9.03. The van der Waals surface area contributed by atoms with Crippen LogP contribution < -0.4 is 10.6 Å². The maximum atomic E-state index is 4.88. The summed E-state index contributed by atoms with van der Waals surface area (Å²) in [6.45, 7) is 2.90. The molecule has 0 saturated carbocycles. The number of hydrogen-bond donors (Lipinski definition) is 3. The fraction of sp³-hybridized carbons (Fsp3) is 0.143. The van der Waals surface area contributed by atoms with Gasteiger partial charge in [0, 0.05) is 30.7 Å². The van der Waals surface area contributed by atoms with E-state index in [0.717, 1.165) is 29.5 Å². The molecular formula is C21H22N6. The minimum absolute atomic E-state index is 0.0251. The van der Waals surface area contributed by atoms with Gasteiger partial charge in [0.2, 0.25) is 11.9 Å². The zero-order valence-electron chi connectivity index (χ0n) is 15.1. The number of hydrogen-bond acceptors (Lipinski definition) is 5. The van der Waals surface area contributed by atoms with E-state index in [0.29, 0.717) is 5.95 Å². The first-order valence-electron chi connectivity index (χ1n) is 9.03. The molecule has 0 radical (unpaired) electrons. The molecule has 1 atom stereocenters. The summed E-state index contributed by atoms with van der Waals surface area (Å²) in [4.78, 5) is 14.3. The highest BCUT2D eigenvalue weighted by Crippen LogP contribution is 2.23. The normalized spacial score (nSPS) is 18.3. The number of imidazole rings is 1. The van der Waals surface area contributed by atoms with Crippen molar-refractivity contribution >= 4 is 18.0 Å². The van der Waals surface area contributed by atoms with Crippen LogP contribution in [0, 0.1) is 0 Å². The van der Waals surface area contributed by atoms with Gasteiger partial charge in [-0.15, -0.1) is 0 Å². The molecule has 1 unspecified atom stereocenters. The highest BCUT2D eigenvalue weighted by Gasteiger charge is 2.24. The van der Waals surface area contributed by atoms with Crippen molar-refractivity contribution in [1.29, 1.82) is 0 Å². The Hall–Kier alpha value is -3.54. The van der Waals surface area contributed by atoms with Gasteiger partial charge in [-0.3, -0.25) is 0 Å². The van der Waals surface area contributed by atoms with Crippen LogP contribution in [0.3, 0.4) is 0 Å². The van der Waals surface area contributed by atoms with Gasteiger partial charge in [-0.2, -0.15) is 0 Å². The maximum absolute atomic E-state index is 4.88. The fourth-order valence-electron chi connectivity index (χ4n) is 2.99. The van der Waals surface area contributed by atoms with Gasteiger partial charge in [0.05, 0.1) is 0 Å². The van der Waals surface area contributed by atoms with E-state index < -0.39 is 0 Å². The smallest absolute Gasteiger partial charge is 0.205 e. The Balaban J connectivity index is 1.59. The van der Waals surface area contributed by atoms with E-state index in [9.17, 15) is 0 Å². The average Bonchev–Trinajstić information content (AvgIpc) is 3.22. The van der Waals surface area contributed by atoms with Crippen LogP contribution in [0.4, 0.5) is 5.95 Å². The molecule has 0 spiro atoms. The number of rotatable bonds is 5. The lowest BCUT2D eigenvalue weighted by Crippen LogP contribution is -2.44. The Morgan fingerprint density at radius 2 is 2.11 bits per heavy atom. The van der Waals surface area contributed by atoms with Crippen molar-refractivity contribution in [1.82, 2.24) is 20.2 Å². The van der Waals surface area contributed by atoms with Crippen molar-refractivity contribution in [2.24, 2.45) is 4.99 Å². The summed E-state index contributed by atoms with van der Waals surface area (Å²) >= 11 is 0. The molecule has 1 aliphatic carbocycles. The van der Waals surface area contributed by atoms with Crippen molar-refractivity contribution in [3.05, 3.63) is 90.2 Å². The second-order valence-electron chi connectivity index (χ2n) is 6.17. The summed E-state index contributed by atoms with van der Waals surface area (Å²) in [6.07, 6.45) is 15.9. The number of anilines is 1. The number of aromatic nitrogens is 2. The number of nitrogens with zero attached hydrogens (tertiary/aromatic N) is 3. The second-order valence-corrected chi connectivity index (χ2v) is 6.17. The van der Waals surface area contributed by atoms with Gasteiger partial charge < -0.3 is 20.5 Å². The summed E-state index contributed by atoms with van der Waals surface area (Å²) in [5, 5.41) is 6.75. The van der Waals surface area contributed by atoms with Crippen LogP contribution in [0.1, 0.15) is 12.5 Å². The zero-order valence-corrected chi connectivity index (χ0v) is 15.1. The van der Waals surface area contributed by atoms with E-state index in [1.54, 1.807) is 12.4 Å². The molecule has 0 bridgehead atoms. The lowest BCUT2D eigenvalue weighted by molar-refractivity contribution is 0.560. The van der Waals surface area contributed by atoms with Gasteiger partial charge in [-0.1, -0.05) is 54.6 Å². The maximum Gasteiger partial charge on any atom is 0.205 e. The SMILES string of the molecule is CCN(/C=C/c1ccccc1)C1=NC2C=CC=CC2=C(Nc2ncc[nH]2)N1. The van der Waals surface area contributed by atoms with Crippen molar-refractivity contribution in [2.45, 2.75) is 13.0 Å². The minimum Gasteiger partial charge on any atom is -0.331 e. The summed E-state index contributed by atoms with van der Waals surface area (Å²) in [7, 11) is 0. The van der Waals surface area contributed by atoms with E-state index in [-0.39, 0.29) is 6.04 Å². The molecule has 136 valence electrons. The average molecular weight is 358 g/mol. The molecular weight excluding hydrogens is 336 g/mol. The minimum atomic E-state index is -0.0251. The summed E-state index contributed by atoms with van der Waals surface area (Å²) in [5.41, 5.74) is 2.23. The Bertz CT molecular complexity index is 919. The van der Waals surface area contributed by atoms with E-state index in [1.165, 1.54) is 0 Å². The zero-order chi connectivity index (χ0) is 18.5. The molecule has 2 aromatic rings. The quantitative estimate of drug-likeness (QED) is 0.765. The Kier molecular flexibility index (Phi) is 4.87. The first-order chi connectivity index (χ1) is 13.3. The van der Waals surface area contributed by atoms with Gasteiger partial charge in [-0.25, -0.2) is 9.98 Å². The third-order valence-electron chi connectivity index (χ3n) is 4.39. The van der Waals surface area contributed by atoms with Gasteiger partial charge in [0.1, 0.15) is 11.9 Å². The fourth-order valence-corrected chi connectivity index (χ4v) is 2.99. The van der Waals surface area contributed by atoms with Crippen LogP contribution in [0.5, 0.6) is 0 Å². The van der Waals surface area contributed by atoms with Crippen LogP contribution in [0.2, 0.25) is 0 Å². The molecule has 3 N–H and O–H groups in total. The van der Waals surface area contributed by atoms with E-state index in [1.807, 2.05) is 30.4 Å². The monoisotopic (exact) mass is 358 g/mol. The summed E-state index contributed by atoms with van der Waals surface area (Å²) in [5.74, 6) is 2.37. The molecule has 0 saturated heterocycles. The van der Waals surface area contributed by atoms with Gasteiger partial charge >= 0.3 is 0 Å². The largest absolute Gasteiger partial charge is 0.331 e. The number of H-pyrrole nitrogens is 1. The topological polar surface area (TPSA) is 68.3 Å². The molecule has 6 nitrogen and oxygen atoms in total. The number of benzene rings is 1. The lowest BCUT2D eigenvalue weighted by Gasteiger charge is -2.31. The number of aromatic amines is 1. The standard InChI is InChI=1S/C21H22N6/c1-2-27(15-12-16-8-4-3-5-9-16)21-24-18-11-7-6-10-17(18)19(26-21)25-20-22-13-14-23-20/h3-15,18H,2H2,1H3,(H,24,26)(H2,22,23,25)/b15-12+. The predicted molar refractivity (Wildman–Crippen MR) is 110 cm³/mol. The number of nitrogens with one attached hydrogen (secondary N) is 3. The third-order valence-corrected chi connectivity index (χ3v) is 4.39. The summed E-state index contributed by atoms with van der Waals surface area (Å²) < 4.78 is 0. The molecule has 4 rings (SSSR count). The van der Waals surface area contributed by atoms with Crippen molar-refractivity contribution in [2.75, 3.05) is 11.9 Å². The Morgan fingerprint density at radius 3 is 2.89 bits per heavy atom. The van der Waals surface area contributed by atoms with Gasteiger partial charge in [0.15, 0.2) is 0 Å². The number of fused-ring (bicyclic) bond motifs is 1. The third kappa shape index (κ3) is 3.84. The van der Waals surface area contributed by atoms with Crippen LogP contribution in [-0.2, 0) is 0 Å². The second kappa shape index (κ2) is 7.78. The Labute approximate surface area is 158 Å². The van der Waals surface area contributed by atoms with Gasteiger partial charge in [0.25, 0.3) is 0 Å². The Morgan fingerprint density at radius 1 is 1.22 bits per heavy atom. The number of aliphatic imine (C=N–C) groups is 1. The molecule has 2 aliphatic rings. The molecule has 1 aromatic heterocycles. The molecule has 2 heterocycles. The highest BCUT2D eigenvalue weighted by molar-refractivity contribution is 5.86. The highest BCUT2D eigenvalue weighted by atomic mass is 15.3. The van der Waals surface area contributed by atoms with E-state index in [2.05, 4.69) is 69.0 Å². The molecule has 1 aliphatic heterocycles. The summed E-state index contributed by atoms with van der Waals surface area (Å²) in [6, 6.07) is 10.2. The number of allylic oxidation sites excluding steroid dienone is 2. The predicted octanol–water partition coefficient (Wildman–Crippen LogP) is 3.48. The van der Waals surface area contributed by atoms with Crippen LogP contribution >= 0.6 is 0 Å². The van der Waals surface area contributed by atoms with Gasteiger partial charge in [-0.05, 0) is 18.6 Å². The van der Waals surface area contributed by atoms with E-state index >= 15 is 0 Å². The molecule has 27 heavy (non-hydrogen) atoms. The van der Waals surface area contributed by atoms with Crippen molar-refractivity contribution < 1.29 is 0 Å².